The topological polar surface area (TPSA) is 71.6 Å². The van der Waals surface area contributed by atoms with Gasteiger partial charge in [0, 0.05) is 29.2 Å². The second kappa shape index (κ2) is 8.17. The van der Waals surface area contributed by atoms with Crippen molar-refractivity contribution in [2.24, 2.45) is 5.73 Å². The van der Waals surface area contributed by atoms with Gasteiger partial charge in [0.2, 0.25) is 5.91 Å². The number of likely N-dealkylation sites (N-methyl/N-ethyl adjacent to an activating group) is 1. The Morgan fingerprint density at radius 2 is 1.90 bits per heavy atom. The Hall–Kier alpha value is -3.16. The van der Waals surface area contributed by atoms with Crippen LogP contribution in [0.5, 0.6) is 0 Å². The summed E-state index contributed by atoms with van der Waals surface area (Å²) in [7, 11) is 1.77. The van der Waals surface area contributed by atoms with Crippen LogP contribution in [0.2, 0.25) is 5.02 Å². The van der Waals surface area contributed by atoms with Crippen LogP contribution in [-0.4, -0.2) is 33.4 Å². The molecule has 2 amide bonds. The third-order valence-corrected chi connectivity index (χ3v) is 6.07. The third-order valence-electron chi connectivity index (χ3n) is 5.36. The molecule has 2 aromatic carbocycles. The minimum atomic E-state index is -0.425. The molecule has 1 aromatic heterocycles. The molecule has 2 N–H and O–H groups in total. The lowest BCUT2D eigenvalue weighted by atomic mass is 10.1. The summed E-state index contributed by atoms with van der Waals surface area (Å²) < 4.78 is 1.84. The van der Waals surface area contributed by atoms with Crippen LogP contribution in [-0.2, 0) is 22.6 Å². The summed E-state index contributed by atoms with van der Waals surface area (Å²) in [5.41, 5.74) is 9.43. The van der Waals surface area contributed by atoms with E-state index >= 15 is 0 Å². The van der Waals surface area contributed by atoms with Gasteiger partial charge in [0.1, 0.15) is 12.2 Å². The number of aromatic nitrogens is 1. The molecule has 2 heterocycles. The van der Waals surface area contributed by atoms with Crippen LogP contribution >= 0.6 is 23.8 Å². The number of nitrogens with zero attached hydrogens (tertiary/aromatic N) is 3. The number of hydrogen-bond donors (Lipinski definition) is 1. The van der Waals surface area contributed by atoms with Crippen LogP contribution in [0.4, 0.5) is 5.69 Å². The quantitative estimate of drug-likeness (QED) is 0.470. The molecule has 1 fully saturated rings. The highest BCUT2D eigenvalue weighted by Crippen LogP contribution is 2.32. The van der Waals surface area contributed by atoms with E-state index in [2.05, 4.69) is 6.92 Å². The number of primary amides is 1. The molecule has 4 rings (SSSR count). The van der Waals surface area contributed by atoms with Crippen molar-refractivity contribution in [1.29, 1.82) is 0 Å². The molecule has 1 aliphatic rings. The number of benzene rings is 2. The molecular formula is C23H21ClN4O2S. The molecule has 0 saturated carbocycles. The number of thiocarbonyl (C=S) groups is 1. The molecule has 0 unspecified atom stereocenters. The zero-order valence-electron chi connectivity index (χ0n) is 17.1. The van der Waals surface area contributed by atoms with Gasteiger partial charge in [-0.15, -0.1) is 0 Å². The summed E-state index contributed by atoms with van der Waals surface area (Å²) in [4.78, 5) is 28.1. The fraction of sp³-hybridized carbons (Fsp3) is 0.174. The molecule has 8 heteroatoms. The van der Waals surface area contributed by atoms with Crippen molar-refractivity contribution < 1.29 is 9.59 Å². The highest BCUT2D eigenvalue weighted by atomic mass is 35.5. The van der Waals surface area contributed by atoms with Gasteiger partial charge in [0.05, 0.1) is 11.2 Å². The van der Waals surface area contributed by atoms with Crippen LogP contribution in [0.3, 0.4) is 0 Å². The largest absolute Gasteiger partial charge is 0.368 e. The number of nitrogens with two attached hydrogens (primary N) is 1. The van der Waals surface area contributed by atoms with Gasteiger partial charge >= 0.3 is 0 Å². The average molecular weight is 453 g/mol. The maximum absolute atomic E-state index is 13.3. The molecule has 1 aliphatic heterocycles. The first-order valence-corrected chi connectivity index (χ1v) is 10.6. The summed E-state index contributed by atoms with van der Waals surface area (Å²) >= 11 is 11.5. The highest BCUT2D eigenvalue weighted by Gasteiger charge is 2.37. The molecule has 6 nitrogen and oxygen atoms in total. The van der Waals surface area contributed by atoms with Crippen molar-refractivity contribution in [2.75, 3.05) is 11.9 Å². The smallest absolute Gasteiger partial charge is 0.281 e. The summed E-state index contributed by atoms with van der Waals surface area (Å²) in [5.74, 6) is -0.650. The number of anilines is 1. The summed E-state index contributed by atoms with van der Waals surface area (Å²) in [6.45, 7) is 2.13. The second-order valence-corrected chi connectivity index (χ2v) is 8.14. The van der Waals surface area contributed by atoms with Crippen LogP contribution in [0.1, 0.15) is 18.1 Å². The lowest BCUT2D eigenvalue weighted by molar-refractivity contribution is -0.118. The molecular weight excluding hydrogens is 432 g/mol. The number of aryl methyl sites for hydroxylation is 1. The van der Waals surface area contributed by atoms with Gasteiger partial charge in [0.15, 0.2) is 5.11 Å². The standard InChI is InChI=1S/C23H21ClN4O2S/c1-3-14-5-4-6-18-15(12-27(21(14)18)13-20(25)29)11-19-22(30)28(23(31)26(19)2)17-9-7-16(24)8-10-17/h4-12H,3,13H2,1-2H3,(H2,25,29)/b19-11-. The van der Waals surface area contributed by atoms with Gasteiger partial charge in [-0.25, -0.2) is 0 Å². The van der Waals surface area contributed by atoms with E-state index in [-0.39, 0.29) is 12.5 Å². The minimum absolute atomic E-state index is 0.0653. The number of amides is 2. The molecule has 0 radical (unpaired) electrons. The molecule has 31 heavy (non-hydrogen) atoms. The van der Waals surface area contributed by atoms with E-state index in [0.717, 1.165) is 28.5 Å². The summed E-state index contributed by atoms with van der Waals surface area (Å²) in [6, 6.07) is 12.9. The van der Waals surface area contributed by atoms with Crippen molar-refractivity contribution >= 4 is 63.4 Å². The average Bonchev–Trinajstić information content (AvgIpc) is 3.18. The monoisotopic (exact) mass is 452 g/mol. The summed E-state index contributed by atoms with van der Waals surface area (Å²) in [5, 5.41) is 1.92. The number of carbonyl (C=O) groups excluding carboxylic acids is 2. The Morgan fingerprint density at radius 3 is 2.55 bits per heavy atom. The van der Waals surface area contributed by atoms with Crippen LogP contribution in [0, 0.1) is 0 Å². The van der Waals surface area contributed by atoms with Crippen molar-refractivity contribution in [3.63, 3.8) is 0 Å². The first-order chi connectivity index (χ1) is 14.8. The molecule has 0 aliphatic carbocycles. The number of para-hydroxylation sites is 1. The normalized spacial score (nSPS) is 15.5. The van der Waals surface area contributed by atoms with Crippen LogP contribution in [0.25, 0.3) is 17.0 Å². The van der Waals surface area contributed by atoms with Gasteiger partial charge in [0.25, 0.3) is 5.91 Å². The fourth-order valence-corrected chi connectivity index (χ4v) is 4.29. The maximum atomic E-state index is 13.3. The van der Waals surface area contributed by atoms with E-state index in [1.54, 1.807) is 36.2 Å². The van der Waals surface area contributed by atoms with Crippen LogP contribution in [0.15, 0.2) is 54.4 Å². The molecule has 158 valence electrons. The molecule has 0 spiro atoms. The Kier molecular flexibility index (Phi) is 5.56. The number of hydrogen-bond acceptors (Lipinski definition) is 3. The van der Waals surface area contributed by atoms with Gasteiger partial charge in [-0.1, -0.05) is 36.7 Å². The van der Waals surface area contributed by atoms with E-state index in [4.69, 9.17) is 29.6 Å². The van der Waals surface area contributed by atoms with Gasteiger partial charge < -0.3 is 15.2 Å². The number of halogens is 1. The molecule has 0 atom stereocenters. The number of carbonyl (C=O) groups is 2. The lowest BCUT2D eigenvalue weighted by Crippen LogP contribution is -2.31. The SMILES string of the molecule is CCc1cccc2c(/C=C3/C(=O)N(c4ccc(Cl)cc4)C(=S)N3C)cn(CC(N)=O)c12. The van der Waals surface area contributed by atoms with Crippen molar-refractivity contribution in [1.82, 2.24) is 9.47 Å². The Bertz CT molecular complexity index is 1250. The van der Waals surface area contributed by atoms with E-state index in [1.165, 1.54) is 4.90 Å². The second-order valence-electron chi connectivity index (χ2n) is 7.33. The number of fused-ring (bicyclic) bond motifs is 1. The minimum Gasteiger partial charge on any atom is -0.368 e. The first kappa shape index (κ1) is 21.1. The molecule has 1 saturated heterocycles. The van der Waals surface area contributed by atoms with Crippen molar-refractivity contribution in [2.45, 2.75) is 19.9 Å². The predicted octanol–water partition coefficient (Wildman–Crippen LogP) is 3.95. The Labute approximate surface area is 190 Å². The highest BCUT2D eigenvalue weighted by molar-refractivity contribution is 7.80. The lowest BCUT2D eigenvalue weighted by Gasteiger charge is -2.16. The fourth-order valence-electron chi connectivity index (χ4n) is 3.88. The third kappa shape index (κ3) is 3.71. The summed E-state index contributed by atoms with van der Waals surface area (Å²) in [6.07, 6.45) is 4.48. The van der Waals surface area contributed by atoms with Gasteiger partial charge in [-0.2, -0.15) is 0 Å². The first-order valence-electron chi connectivity index (χ1n) is 9.80. The van der Waals surface area contributed by atoms with E-state index < -0.39 is 5.91 Å². The zero-order valence-corrected chi connectivity index (χ0v) is 18.7. The maximum Gasteiger partial charge on any atom is 0.281 e. The molecule has 3 aromatic rings. The molecule has 0 bridgehead atoms. The number of rotatable bonds is 5. The Balaban J connectivity index is 1.83. The zero-order chi connectivity index (χ0) is 22.3. The van der Waals surface area contributed by atoms with Crippen molar-refractivity contribution in [3.05, 3.63) is 70.5 Å². The van der Waals surface area contributed by atoms with E-state index in [0.29, 0.717) is 21.5 Å². The van der Waals surface area contributed by atoms with Gasteiger partial charge in [-0.05, 0) is 54.5 Å². The van der Waals surface area contributed by atoms with Gasteiger partial charge in [-0.3, -0.25) is 14.5 Å². The van der Waals surface area contributed by atoms with E-state index in [1.807, 2.05) is 35.0 Å². The van der Waals surface area contributed by atoms with Crippen LogP contribution < -0.4 is 10.6 Å². The Morgan fingerprint density at radius 1 is 1.19 bits per heavy atom. The predicted molar refractivity (Wildman–Crippen MR) is 128 cm³/mol. The van der Waals surface area contributed by atoms with E-state index in [9.17, 15) is 9.59 Å². The van der Waals surface area contributed by atoms with Crippen molar-refractivity contribution in [3.8, 4) is 0 Å².